The maximum atomic E-state index is 10.9. The van der Waals surface area contributed by atoms with E-state index in [2.05, 4.69) is 25.4 Å². The third-order valence-electron chi connectivity index (χ3n) is 3.95. The highest BCUT2D eigenvalue weighted by Crippen LogP contribution is 2.16. The van der Waals surface area contributed by atoms with Gasteiger partial charge in [-0.15, -0.1) is 0 Å². The zero-order chi connectivity index (χ0) is 18.5. The number of nitro groups is 1. The van der Waals surface area contributed by atoms with Crippen LogP contribution >= 0.6 is 0 Å². The van der Waals surface area contributed by atoms with Crippen LogP contribution < -0.4 is 10.3 Å². The number of hydrogen-bond donors (Lipinski definition) is 1. The second-order valence-electron chi connectivity index (χ2n) is 5.91. The van der Waals surface area contributed by atoms with E-state index < -0.39 is 4.92 Å². The molecule has 3 rings (SSSR count). The smallest absolute Gasteiger partial charge is 0.270 e. The van der Waals surface area contributed by atoms with Gasteiger partial charge in [-0.3, -0.25) is 15.5 Å². The maximum Gasteiger partial charge on any atom is 0.270 e. The van der Waals surface area contributed by atoms with E-state index in [1.54, 1.807) is 25.1 Å². The molecule has 1 aliphatic rings. The third kappa shape index (κ3) is 4.31. The van der Waals surface area contributed by atoms with Gasteiger partial charge in [-0.25, -0.2) is 4.98 Å². The summed E-state index contributed by atoms with van der Waals surface area (Å²) in [5.41, 5.74) is 5.07. The average Bonchev–Trinajstić information content (AvgIpc) is 2.66. The minimum absolute atomic E-state index is 0.0320. The van der Waals surface area contributed by atoms with Crippen molar-refractivity contribution in [1.29, 1.82) is 0 Å². The zero-order valence-electron chi connectivity index (χ0n) is 14.7. The van der Waals surface area contributed by atoms with Crippen LogP contribution in [0.1, 0.15) is 18.2 Å². The van der Waals surface area contributed by atoms with Crippen molar-refractivity contribution >= 4 is 23.2 Å². The quantitative estimate of drug-likeness (QED) is 0.498. The predicted octanol–water partition coefficient (Wildman–Crippen LogP) is 2.37. The molecule has 136 valence electrons. The van der Waals surface area contributed by atoms with Crippen LogP contribution in [0, 0.1) is 17.0 Å². The van der Waals surface area contributed by atoms with Crippen molar-refractivity contribution in [3.05, 3.63) is 51.7 Å². The standard InChI is InChI=1S/C17H20N6O3/c1-12-10-16(19-17(18-12)22-6-8-26-9-7-22)21-20-13(2)14-4-3-5-15(11-14)23(24)25/h3-5,10-11H,6-9H2,1-2H3,(H,18,19,21)/b20-13+. The van der Waals surface area contributed by atoms with Gasteiger partial charge in [-0.2, -0.15) is 10.1 Å². The highest BCUT2D eigenvalue weighted by molar-refractivity contribution is 5.99. The molecule has 1 N–H and O–H groups in total. The van der Waals surface area contributed by atoms with E-state index in [1.807, 2.05) is 6.92 Å². The summed E-state index contributed by atoms with van der Waals surface area (Å²) in [5, 5.41) is 15.2. The predicted molar refractivity (Wildman–Crippen MR) is 98.7 cm³/mol. The van der Waals surface area contributed by atoms with E-state index in [-0.39, 0.29) is 5.69 Å². The topological polar surface area (TPSA) is 106 Å². The van der Waals surface area contributed by atoms with Crippen LogP contribution in [0.5, 0.6) is 0 Å². The van der Waals surface area contributed by atoms with Crippen LogP contribution in [0.4, 0.5) is 17.5 Å². The van der Waals surface area contributed by atoms with Crippen molar-refractivity contribution in [3.8, 4) is 0 Å². The summed E-state index contributed by atoms with van der Waals surface area (Å²) in [4.78, 5) is 21.5. The molecule has 2 aromatic rings. The van der Waals surface area contributed by atoms with Crippen molar-refractivity contribution in [2.75, 3.05) is 36.6 Å². The Bertz CT molecular complexity index is 833. The fourth-order valence-corrected chi connectivity index (χ4v) is 2.57. The normalized spacial score (nSPS) is 15.0. The van der Waals surface area contributed by atoms with Crippen molar-refractivity contribution in [2.45, 2.75) is 13.8 Å². The van der Waals surface area contributed by atoms with Crippen LogP contribution in [0.25, 0.3) is 0 Å². The molecular formula is C17H20N6O3. The Labute approximate surface area is 150 Å². The molecule has 2 heterocycles. The molecule has 1 saturated heterocycles. The van der Waals surface area contributed by atoms with Crippen LogP contribution in [0.3, 0.4) is 0 Å². The number of nitrogens with one attached hydrogen (secondary N) is 1. The Balaban J connectivity index is 1.77. The molecule has 0 radical (unpaired) electrons. The molecule has 0 atom stereocenters. The third-order valence-corrected chi connectivity index (χ3v) is 3.95. The number of nitro benzene ring substituents is 1. The minimum atomic E-state index is -0.424. The van der Waals surface area contributed by atoms with Crippen LogP contribution in [-0.2, 0) is 4.74 Å². The average molecular weight is 356 g/mol. The Hall–Kier alpha value is -3.07. The molecular weight excluding hydrogens is 336 g/mol. The maximum absolute atomic E-state index is 10.9. The van der Waals surface area contributed by atoms with Gasteiger partial charge >= 0.3 is 0 Å². The number of anilines is 2. The number of aryl methyl sites for hydroxylation is 1. The van der Waals surface area contributed by atoms with Gasteiger partial charge in [0.1, 0.15) is 0 Å². The molecule has 26 heavy (non-hydrogen) atoms. The zero-order valence-corrected chi connectivity index (χ0v) is 14.7. The summed E-state index contributed by atoms with van der Waals surface area (Å²) < 4.78 is 5.35. The van der Waals surface area contributed by atoms with Crippen molar-refractivity contribution in [1.82, 2.24) is 9.97 Å². The van der Waals surface area contributed by atoms with E-state index in [0.29, 0.717) is 36.3 Å². The largest absolute Gasteiger partial charge is 0.378 e. The Kier molecular flexibility index (Phi) is 5.37. The molecule has 0 unspecified atom stereocenters. The molecule has 1 aliphatic heterocycles. The lowest BCUT2D eigenvalue weighted by molar-refractivity contribution is -0.384. The van der Waals surface area contributed by atoms with Gasteiger partial charge in [0.15, 0.2) is 5.82 Å². The Morgan fingerprint density at radius 2 is 2.08 bits per heavy atom. The van der Waals surface area contributed by atoms with Gasteiger partial charge in [0.2, 0.25) is 5.95 Å². The first kappa shape index (κ1) is 17.7. The number of non-ortho nitro benzene ring substituents is 1. The van der Waals surface area contributed by atoms with Gasteiger partial charge in [0, 0.05) is 42.5 Å². The molecule has 0 saturated carbocycles. The number of aromatic nitrogens is 2. The molecule has 0 amide bonds. The summed E-state index contributed by atoms with van der Waals surface area (Å²) in [6.45, 7) is 6.49. The molecule has 0 spiro atoms. The molecule has 0 bridgehead atoms. The second kappa shape index (κ2) is 7.87. The lowest BCUT2D eigenvalue weighted by Gasteiger charge is -2.27. The van der Waals surface area contributed by atoms with Gasteiger partial charge in [-0.1, -0.05) is 12.1 Å². The first-order chi connectivity index (χ1) is 12.5. The lowest BCUT2D eigenvalue weighted by Crippen LogP contribution is -2.37. The van der Waals surface area contributed by atoms with Crippen LogP contribution in [0.15, 0.2) is 35.4 Å². The number of hydrazone groups is 1. The van der Waals surface area contributed by atoms with Gasteiger partial charge in [0.25, 0.3) is 5.69 Å². The summed E-state index contributed by atoms with van der Waals surface area (Å²) in [6, 6.07) is 8.15. The fraction of sp³-hybridized carbons (Fsp3) is 0.353. The summed E-state index contributed by atoms with van der Waals surface area (Å²) in [7, 11) is 0. The van der Waals surface area contributed by atoms with Crippen molar-refractivity contribution in [3.63, 3.8) is 0 Å². The molecule has 1 aromatic carbocycles. The van der Waals surface area contributed by atoms with Crippen LogP contribution in [0.2, 0.25) is 0 Å². The first-order valence-electron chi connectivity index (χ1n) is 8.26. The lowest BCUT2D eigenvalue weighted by atomic mass is 10.1. The highest BCUT2D eigenvalue weighted by Gasteiger charge is 2.15. The number of nitrogens with zero attached hydrogens (tertiary/aromatic N) is 5. The van der Waals surface area contributed by atoms with Gasteiger partial charge < -0.3 is 9.64 Å². The number of ether oxygens (including phenoxy) is 1. The molecule has 0 aliphatic carbocycles. The molecule has 9 heteroatoms. The molecule has 1 aromatic heterocycles. The van der Waals surface area contributed by atoms with E-state index in [1.165, 1.54) is 12.1 Å². The Morgan fingerprint density at radius 1 is 1.31 bits per heavy atom. The van der Waals surface area contributed by atoms with Gasteiger partial charge in [0.05, 0.1) is 23.8 Å². The number of benzene rings is 1. The van der Waals surface area contributed by atoms with Gasteiger partial charge in [-0.05, 0) is 13.8 Å². The summed E-state index contributed by atoms with van der Waals surface area (Å²) in [6.07, 6.45) is 0. The Morgan fingerprint density at radius 3 is 2.81 bits per heavy atom. The van der Waals surface area contributed by atoms with Crippen molar-refractivity contribution < 1.29 is 9.66 Å². The number of hydrogen-bond acceptors (Lipinski definition) is 8. The molecule has 9 nitrogen and oxygen atoms in total. The van der Waals surface area contributed by atoms with E-state index >= 15 is 0 Å². The summed E-state index contributed by atoms with van der Waals surface area (Å²) in [5.74, 6) is 1.21. The number of morpholine rings is 1. The van der Waals surface area contributed by atoms with Crippen molar-refractivity contribution in [2.24, 2.45) is 5.10 Å². The monoisotopic (exact) mass is 356 g/mol. The fourth-order valence-electron chi connectivity index (χ4n) is 2.57. The first-order valence-corrected chi connectivity index (χ1v) is 8.26. The van der Waals surface area contributed by atoms with E-state index in [9.17, 15) is 10.1 Å². The minimum Gasteiger partial charge on any atom is -0.378 e. The second-order valence-corrected chi connectivity index (χ2v) is 5.91. The van der Waals surface area contributed by atoms with E-state index in [0.717, 1.165) is 18.8 Å². The highest BCUT2D eigenvalue weighted by atomic mass is 16.6. The number of rotatable bonds is 5. The van der Waals surface area contributed by atoms with E-state index in [4.69, 9.17) is 4.74 Å². The summed E-state index contributed by atoms with van der Waals surface area (Å²) >= 11 is 0. The van der Waals surface area contributed by atoms with Crippen LogP contribution in [-0.4, -0.2) is 46.9 Å². The molecule has 1 fully saturated rings. The SMILES string of the molecule is C/C(=N\Nc1cc(C)nc(N2CCOCC2)n1)c1cccc([N+](=O)[O-])c1.